The third kappa shape index (κ3) is 4.04. The van der Waals surface area contributed by atoms with Gasteiger partial charge in [0.1, 0.15) is 11.6 Å². The number of hydrogen-bond acceptors (Lipinski definition) is 4. The Balaban J connectivity index is 1.70. The fourth-order valence-electron chi connectivity index (χ4n) is 2.79. The lowest BCUT2D eigenvalue weighted by molar-refractivity contribution is 0.164. The van der Waals surface area contributed by atoms with E-state index in [-0.39, 0.29) is 18.0 Å². The molecule has 1 atom stereocenters. The van der Waals surface area contributed by atoms with E-state index in [0.717, 1.165) is 18.1 Å². The molecular formula is C17H23N5O2. The summed E-state index contributed by atoms with van der Waals surface area (Å²) >= 11 is 0. The van der Waals surface area contributed by atoms with Gasteiger partial charge in [-0.15, -0.1) is 0 Å². The number of ether oxygens (including phenoxy) is 1. The number of carbonyl (C=O) groups is 1. The van der Waals surface area contributed by atoms with E-state index in [4.69, 9.17) is 4.74 Å². The number of amides is 2. The van der Waals surface area contributed by atoms with Crippen LogP contribution >= 0.6 is 0 Å². The first-order valence-electron chi connectivity index (χ1n) is 8.20. The third-order valence-electron chi connectivity index (χ3n) is 3.89. The van der Waals surface area contributed by atoms with Gasteiger partial charge in [-0.05, 0) is 26.0 Å². The van der Waals surface area contributed by atoms with Crippen LogP contribution in [0.4, 0.5) is 4.79 Å². The molecule has 7 nitrogen and oxygen atoms in total. The van der Waals surface area contributed by atoms with Crippen LogP contribution in [0.25, 0.3) is 0 Å². The molecule has 0 saturated heterocycles. The minimum Gasteiger partial charge on any atom is -0.492 e. The molecule has 0 saturated carbocycles. The Morgan fingerprint density at radius 1 is 1.42 bits per heavy atom. The zero-order valence-corrected chi connectivity index (χ0v) is 14.1. The highest BCUT2D eigenvalue weighted by Crippen LogP contribution is 2.17. The molecule has 0 bridgehead atoms. The van der Waals surface area contributed by atoms with E-state index in [1.165, 1.54) is 0 Å². The van der Waals surface area contributed by atoms with Gasteiger partial charge in [0.25, 0.3) is 0 Å². The number of nitrogens with zero attached hydrogens (tertiary/aromatic N) is 4. The number of pyridine rings is 1. The molecule has 2 aromatic heterocycles. The summed E-state index contributed by atoms with van der Waals surface area (Å²) in [5.74, 6) is 1.82. The number of imidazole rings is 1. The van der Waals surface area contributed by atoms with Crippen LogP contribution < -0.4 is 10.1 Å². The number of carbonyl (C=O) groups excluding carboxylic acids is 1. The Bertz CT molecular complexity index is 671. The monoisotopic (exact) mass is 329 g/mol. The van der Waals surface area contributed by atoms with E-state index in [9.17, 15) is 4.79 Å². The second kappa shape index (κ2) is 7.33. The third-order valence-corrected chi connectivity index (χ3v) is 3.89. The quantitative estimate of drug-likeness (QED) is 0.930. The van der Waals surface area contributed by atoms with E-state index in [2.05, 4.69) is 19.9 Å². The van der Waals surface area contributed by atoms with Gasteiger partial charge < -0.3 is 19.5 Å². The van der Waals surface area contributed by atoms with Crippen LogP contribution in [0.1, 0.15) is 19.7 Å². The van der Waals surface area contributed by atoms with Crippen molar-refractivity contribution in [3.05, 3.63) is 42.7 Å². The van der Waals surface area contributed by atoms with E-state index in [0.29, 0.717) is 19.7 Å². The number of fused-ring (bicyclic) bond motifs is 1. The lowest BCUT2D eigenvalue weighted by atomic mass is 10.1. The first-order valence-corrected chi connectivity index (χ1v) is 8.20. The molecule has 2 aromatic rings. The molecule has 0 spiro atoms. The average molecular weight is 329 g/mol. The van der Waals surface area contributed by atoms with Crippen molar-refractivity contribution in [3.63, 3.8) is 0 Å². The van der Waals surface area contributed by atoms with Gasteiger partial charge in [0, 0.05) is 43.6 Å². The zero-order chi connectivity index (χ0) is 16.9. The van der Waals surface area contributed by atoms with Crippen molar-refractivity contribution < 1.29 is 9.53 Å². The maximum atomic E-state index is 12.4. The first kappa shape index (κ1) is 16.3. The molecule has 3 heterocycles. The van der Waals surface area contributed by atoms with Crippen molar-refractivity contribution in [1.29, 1.82) is 0 Å². The van der Waals surface area contributed by atoms with E-state index in [1.54, 1.807) is 18.6 Å². The lowest BCUT2D eigenvalue weighted by Crippen LogP contribution is -2.44. The summed E-state index contributed by atoms with van der Waals surface area (Å²) in [6.07, 6.45) is 7.14. The Kier molecular flexibility index (Phi) is 4.98. The standard InChI is InChI=1S/C17H23N5O2/c1-13(2)20-17(23)22-10-14(9-21-7-6-19-16(21)11-22)12-24-15-4-3-5-18-8-15/h3-8,13-14H,9-12H2,1-2H3,(H,20,23)/t14-/m1/s1. The van der Waals surface area contributed by atoms with Crippen molar-refractivity contribution in [2.45, 2.75) is 33.0 Å². The maximum Gasteiger partial charge on any atom is 0.318 e. The second-order valence-electron chi connectivity index (χ2n) is 6.35. The van der Waals surface area contributed by atoms with Crippen molar-refractivity contribution >= 4 is 6.03 Å². The summed E-state index contributed by atoms with van der Waals surface area (Å²) in [4.78, 5) is 22.7. The molecule has 0 radical (unpaired) electrons. The van der Waals surface area contributed by atoms with Crippen LogP contribution in [0, 0.1) is 5.92 Å². The molecule has 128 valence electrons. The van der Waals surface area contributed by atoms with E-state index >= 15 is 0 Å². The minimum atomic E-state index is -0.0622. The summed E-state index contributed by atoms with van der Waals surface area (Å²) in [5, 5.41) is 2.96. The second-order valence-corrected chi connectivity index (χ2v) is 6.35. The molecule has 0 aromatic carbocycles. The fourth-order valence-corrected chi connectivity index (χ4v) is 2.79. The average Bonchev–Trinajstić information content (AvgIpc) is 2.91. The Morgan fingerprint density at radius 2 is 2.29 bits per heavy atom. The van der Waals surface area contributed by atoms with Gasteiger partial charge in [-0.3, -0.25) is 4.98 Å². The Labute approximate surface area is 141 Å². The predicted molar refractivity (Wildman–Crippen MR) is 89.5 cm³/mol. The fraction of sp³-hybridized carbons (Fsp3) is 0.471. The smallest absolute Gasteiger partial charge is 0.318 e. The predicted octanol–water partition coefficient (Wildman–Crippen LogP) is 1.91. The summed E-state index contributed by atoms with van der Waals surface area (Å²) in [6, 6.07) is 3.77. The molecule has 1 aliphatic heterocycles. The SMILES string of the molecule is CC(C)NC(=O)N1Cc2nccn2C[C@@H](COc2cccnc2)C1. The molecule has 0 aliphatic carbocycles. The minimum absolute atomic E-state index is 0.0622. The van der Waals surface area contributed by atoms with Gasteiger partial charge in [-0.2, -0.15) is 0 Å². The zero-order valence-electron chi connectivity index (χ0n) is 14.1. The van der Waals surface area contributed by atoms with Crippen molar-refractivity contribution in [2.24, 2.45) is 5.92 Å². The first-order chi connectivity index (χ1) is 11.6. The largest absolute Gasteiger partial charge is 0.492 e. The van der Waals surface area contributed by atoms with Crippen LogP contribution in [-0.2, 0) is 13.1 Å². The molecule has 2 amide bonds. The van der Waals surface area contributed by atoms with Crippen molar-refractivity contribution in [2.75, 3.05) is 13.2 Å². The number of aromatic nitrogens is 3. The van der Waals surface area contributed by atoms with Gasteiger partial charge in [0.05, 0.1) is 19.3 Å². The van der Waals surface area contributed by atoms with Crippen LogP contribution in [0.15, 0.2) is 36.9 Å². The van der Waals surface area contributed by atoms with Crippen LogP contribution in [0.2, 0.25) is 0 Å². The summed E-state index contributed by atoms with van der Waals surface area (Å²) < 4.78 is 7.94. The molecule has 0 fully saturated rings. The summed E-state index contributed by atoms with van der Waals surface area (Å²) in [6.45, 7) is 6.35. The van der Waals surface area contributed by atoms with Crippen molar-refractivity contribution in [3.8, 4) is 5.75 Å². The number of nitrogens with one attached hydrogen (secondary N) is 1. The molecule has 3 rings (SSSR count). The summed E-state index contributed by atoms with van der Waals surface area (Å²) in [5.41, 5.74) is 0. The Morgan fingerprint density at radius 3 is 3.04 bits per heavy atom. The topological polar surface area (TPSA) is 72.3 Å². The molecule has 1 N–H and O–H groups in total. The molecule has 24 heavy (non-hydrogen) atoms. The van der Waals surface area contributed by atoms with E-state index < -0.39 is 0 Å². The molecule has 7 heteroatoms. The van der Waals surface area contributed by atoms with Gasteiger partial charge in [-0.25, -0.2) is 9.78 Å². The van der Waals surface area contributed by atoms with Gasteiger partial charge >= 0.3 is 6.03 Å². The highest BCUT2D eigenvalue weighted by atomic mass is 16.5. The Hall–Kier alpha value is -2.57. The van der Waals surface area contributed by atoms with Gasteiger partial charge in [0.2, 0.25) is 0 Å². The summed E-state index contributed by atoms with van der Waals surface area (Å²) in [7, 11) is 0. The normalized spacial score (nSPS) is 17.3. The molecule has 0 unspecified atom stereocenters. The number of hydrogen-bond donors (Lipinski definition) is 1. The molecule has 1 aliphatic rings. The van der Waals surface area contributed by atoms with E-state index in [1.807, 2.05) is 37.1 Å². The van der Waals surface area contributed by atoms with Crippen molar-refractivity contribution in [1.82, 2.24) is 24.8 Å². The number of urea groups is 1. The highest BCUT2D eigenvalue weighted by Gasteiger charge is 2.26. The van der Waals surface area contributed by atoms with Crippen LogP contribution in [0.3, 0.4) is 0 Å². The van der Waals surface area contributed by atoms with Crippen LogP contribution in [-0.4, -0.2) is 44.7 Å². The van der Waals surface area contributed by atoms with Gasteiger partial charge in [-0.1, -0.05) is 0 Å². The van der Waals surface area contributed by atoms with Gasteiger partial charge in [0.15, 0.2) is 0 Å². The highest BCUT2D eigenvalue weighted by molar-refractivity contribution is 5.74. The number of rotatable bonds is 4. The maximum absolute atomic E-state index is 12.4. The lowest BCUT2D eigenvalue weighted by Gasteiger charge is -2.25. The molecular weight excluding hydrogens is 306 g/mol. The van der Waals surface area contributed by atoms with Crippen LogP contribution in [0.5, 0.6) is 5.75 Å².